The van der Waals surface area contributed by atoms with Crippen LogP contribution in [-0.2, 0) is 6.42 Å². The van der Waals surface area contributed by atoms with Crippen molar-refractivity contribution >= 4 is 10.9 Å². The van der Waals surface area contributed by atoms with Crippen LogP contribution in [-0.4, -0.2) is 4.98 Å². The monoisotopic (exact) mass is 199 g/mol. The van der Waals surface area contributed by atoms with Gasteiger partial charge in [-0.1, -0.05) is 37.3 Å². The zero-order chi connectivity index (χ0) is 10.8. The van der Waals surface area contributed by atoms with Gasteiger partial charge in [0.2, 0.25) is 0 Å². The number of benzene rings is 1. The molecule has 1 heterocycles. The second-order valence-electron chi connectivity index (χ2n) is 4.31. The van der Waals surface area contributed by atoms with Crippen LogP contribution in [0.2, 0.25) is 0 Å². The van der Waals surface area contributed by atoms with Crippen LogP contribution >= 0.6 is 0 Å². The van der Waals surface area contributed by atoms with Gasteiger partial charge in [0.15, 0.2) is 0 Å². The fourth-order valence-corrected chi connectivity index (χ4v) is 1.80. The third-order valence-electron chi connectivity index (χ3n) is 3.04. The second-order valence-corrected chi connectivity index (χ2v) is 4.31. The molecule has 1 nitrogen and oxygen atoms in total. The fourth-order valence-electron chi connectivity index (χ4n) is 1.80. The molecule has 78 valence electrons. The van der Waals surface area contributed by atoms with Gasteiger partial charge in [-0.25, -0.2) is 0 Å². The van der Waals surface area contributed by atoms with E-state index in [1.165, 1.54) is 22.0 Å². The number of aromatic amines is 1. The van der Waals surface area contributed by atoms with Gasteiger partial charge in [0.1, 0.15) is 0 Å². The Balaban J connectivity index is 2.32. The second kappa shape index (κ2) is 3.93. The van der Waals surface area contributed by atoms with Crippen molar-refractivity contribution in [2.75, 3.05) is 0 Å². The van der Waals surface area contributed by atoms with Crippen molar-refractivity contribution in [3.63, 3.8) is 0 Å². The summed E-state index contributed by atoms with van der Waals surface area (Å²) >= 11 is 0. The van der Waals surface area contributed by atoms with Crippen LogP contribution in [0.25, 0.3) is 10.9 Å². The van der Waals surface area contributed by atoms with Crippen LogP contribution < -0.4 is 0 Å². The molecule has 1 heteroatoms. The van der Waals surface area contributed by atoms with Gasteiger partial charge in [-0.3, -0.25) is 0 Å². The van der Waals surface area contributed by atoms with E-state index in [9.17, 15) is 0 Å². The highest BCUT2D eigenvalue weighted by atomic mass is 14.7. The summed E-state index contributed by atoms with van der Waals surface area (Å²) in [6, 6.07) is 8.44. The predicted octanol–water partition coefficient (Wildman–Crippen LogP) is 3.92. The SMILES string of the molecule is C=C(C)[C@H](C)Cc1c[nH]c2ccccc12. The van der Waals surface area contributed by atoms with Crippen molar-refractivity contribution in [2.24, 2.45) is 5.92 Å². The molecule has 0 aliphatic carbocycles. The molecule has 2 rings (SSSR count). The van der Waals surface area contributed by atoms with Crippen LogP contribution in [0.1, 0.15) is 19.4 Å². The Morgan fingerprint density at radius 2 is 2.13 bits per heavy atom. The molecule has 2 aromatic rings. The van der Waals surface area contributed by atoms with Crippen LogP contribution in [0.3, 0.4) is 0 Å². The lowest BCUT2D eigenvalue weighted by Gasteiger charge is -2.09. The molecule has 0 aliphatic heterocycles. The Bertz CT molecular complexity index is 479. The lowest BCUT2D eigenvalue weighted by molar-refractivity contribution is 0.683. The molecule has 1 aromatic carbocycles. The molecule has 0 spiro atoms. The largest absolute Gasteiger partial charge is 0.361 e. The summed E-state index contributed by atoms with van der Waals surface area (Å²) in [5, 5.41) is 1.34. The molecule has 0 fully saturated rings. The first-order valence-electron chi connectivity index (χ1n) is 5.39. The number of fused-ring (bicyclic) bond motifs is 1. The van der Waals surface area contributed by atoms with Crippen molar-refractivity contribution in [1.29, 1.82) is 0 Å². The van der Waals surface area contributed by atoms with Gasteiger partial charge < -0.3 is 4.98 Å². The number of hydrogen-bond donors (Lipinski definition) is 1. The minimum atomic E-state index is 0.546. The van der Waals surface area contributed by atoms with Gasteiger partial charge in [-0.05, 0) is 30.9 Å². The number of para-hydroxylation sites is 1. The Morgan fingerprint density at radius 1 is 1.40 bits per heavy atom. The first-order valence-corrected chi connectivity index (χ1v) is 5.39. The molecular weight excluding hydrogens is 182 g/mol. The third-order valence-corrected chi connectivity index (χ3v) is 3.04. The average molecular weight is 199 g/mol. The van der Waals surface area contributed by atoms with E-state index in [0.29, 0.717) is 5.92 Å². The number of H-pyrrole nitrogens is 1. The molecule has 0 amide bonds. The molecule has 0 unspecified atom stereocenters. The summed E-state index contributed by atoms with van der Waals surface area (Å²) in [4.78, 5) is 3.30. The molecular formula is C14H17N. The van der Waals surface area contributed by atoms with Crippen LogP contribution in [0.15, 0.2) is 42.6 Å². The zero-order valence-corrected chi connectivity index (χ0v) is 9.38. The standard InChI is InChI=1S/C14H17N/c1-10(2)11(3)8-12-9-15-14-7-5-4-6-13(12)14/h4-7,9,11,15H,1,8H2,2-3H3/t11-/m1/s1. The molecule has 0 saturated heterocycles. The number of aromatic nitrogens is 1. The van der Waals surface area contributed by atoms with E-state index in [4.69, 9.17) is 0 Å². The predicted molar refractivity (Wildman–Crippen MR) is 66.0 cm³/mol. The van der Waals surface area contributed by atoms with E-state index < -0.39 is 0 Å². The highest BCUT2D eigenvalue weighted by Gasteiger charge is 2.08. The van der Waals surface area contributed by atoms with E-state index in [0.717, 1.165) is 6.42 Å². The number of allylic oxidation sites excluding steroid dienone is 1. The number of rotatable bonds is 3. The molecule has 0 aliphatic rings. The molecule has 1 atom stereocenters. The van der Waals surface area contributed by atoms with E-state index in [-0.39, 0.29) is 0 Å². The fraction of sp³-hybridized carbons (Fsp3) is 0.286. The minimum Gasteiger partial charge on any atom is -0.361 e. The van der Waals surface area contributed by atoms with Gasteiger partial charge in [0.05, 0.1) is 0 Å². The maximum Gasteiger partial charge on any atom is 0.0456 e. The van der Waals surface area contributed by atoms with Crippen molar-refractivity contribution in [3.8, 4) is 0 Å². The van der Waals surface area contributed by atoms with E-state index in [2.05, 4.69) is 55.9 Å². The summed E-state index contributed by atoms with van der Waals surface area (Å²) in [6.45, 7) is 8.33. The quantitative estimate of drug-likeness (QED) is 0.721. The van der Waals surface area contributed by atoms with Gasteiger partial charge in [0, 0.05) is 17.1 Å². The van der Waals surface area contributed by atoms with Crippen LogP contribution in [0.4, 0.5) is 0 Å². The van der Waals surface area contributed by atoms with Crippen LogP contribution in [0, 0.1) is 5.92 Å². The smallest absolute Gasteiger partial charge is 0.0456 e. The molecule has 1 aromatic heterocycles. The molecule has 0 saturated carbocycles. The number of hydrogen-bond acceptors (Lipinski definition) is 0. The maximum atomic E-state index is 4.01. The van der Waals surface area contributed by atoms with E-state index >= 15 is 0 Å². The van der Waals surface area contributed by atoms with Crippen molar-refractivity contribution < 1.29 is 0 Å². The highest BCUT2D eigenvalue weighted by molar-refractivity contribution is 5.83. The molecule has 0 bridgehead atoms. The molecule has 1 N–H and O–H groups in total. The summed E-state index contributed by atoms with van der Waals surface area (Å²) in [5.41, 5.74) is 3.86. The summed E-state index contributed by atoms with van der Waals surface area (Å²) in [7, 11) is 0. The Morgan fingerprint density at radius 3 is 2.87 bits per heavy atom. The Labute approximate surface area is 90.8 Å². The summed E-state index contributed by atoms with van der Waals surface area (Å²) in [6.07, 6.45) is 3.18. The summed E-state index contributed by atoms with van der Waals surface area (Å²) in [5.74, 6) is 0.546. The van der Waals surface area contributed by atoms with Crippen molar-refractivity contribution in [1.82, 2.24) is 4.98 Å². The first kappa shape index (κ1) is 10.0. The van der Waals surface area contributed by atoms with Gasteiger partial charge >= 0.3 is 0 Å². The van der Waals surface area contributed by atoms with Crippen LogP contribution in [0.5, 0.6) is 0 Å². The van der Waals surface area contributed by atoms with Gasteiger partial charge in [0.25, 0.3) is 0 Å². The van der Waals surface area contributed by atoms with Gasteiger partial charge in [-0.15, -0.1) is 0 Å². The van der Waals surface area contributed by atoms with Gasteiger partial charge in [-0.2, -0.15) is 0 Å². The topological polar surface area (TPSA) is 15.8 Å². The van der Waals surface area contributed by atoms with E-state index in [1.54, 1.807) is 0 Å². The summed E-state index contributed by atoms with van der Waals surface area (Å²) < 4.78 is 0. The lowest BCUT2D eigenvalue weighted by Crippen LogP contribution is -1.99. The first-order chi connectivity index (χ1) is 7.18. The van der Waals surface area contributed by atoms with Crippen molar-refractivity contribution in [3.05, 3.63) is 48.2 Å². The maximum absolute atomic E-state index is 4.01. The number of nitrogens with one attached hydrogen (secondary N) is 1. The minimum absolute atomic E-state index is 0.546. The van der Waals surface area contributed by atoms with E-state index in [1.807, 2.05) is 0 Å². The molecule has 15 heavy (non-hydrogen) atoms. The average Bonchev–Trinajstić information content (AvgIpc) is 2.62. The third kappa shape index (κ3) is 1.96. The molecule has 0 radical (unpaired) electrons. The van der Waals surface area contributed by atoms with Crippen molar-refractivity contribution in [2.45, 2.75) is 20.3 Å². The Kier molecular flexibility index (Phi) is 2.63. The zero-order valence-electron chi connectivity index (χ0n) is 9.38. The Hall–Kier alpha value is -1.50. The highest BCUT2D eigenvalue weighted by Crippen LogP contribution is 2.22. The normalized spacial score (nSPS) is 12.9. The lowest BCUT2D eigenvalue weighted by atomic mass is 9.95.